The van der Waals surface area contributed by atoms with Crippen molar-refractivity contribution in [1.29, 1.82) is 0 Å². The number of aromatic nitrogens is 4. The fourth-order valence-electron chi connectivity index (χ4n) is 2.28. The predicted octanol–water partition coefficient (Wildman–Crippen LogP) is -1.07. The minimum Gasteiger partial charge on any atom is -0.393 e. The van der Waals surface area contributed by atoms with Crippen LogP contribution in [0.15, 0.2) is 23.3 Å². The molecule has 0 aliphatic heterocycles. The van der Waals surface area contributed by atoms with Crippen LogP contribution in [-0.4, -0.2) is 41.9 Å². The Morgan fingerprint density at radius 3 is 3.11 bits per heavy atom. The lowest BCUT2D eigenvalue weighted by Gasteiger charge is -2.19. The van der Waals surface area contributed by atoms with E-state index in [0.717, 1.165) is 0 Å². The number of nitrogens with zero attached hydrogens (tertiary/aromatic N) is 3. The SMILES string of the molecule is Nc1nc2c(ncn2[C@H]2C=C[C@](O)(CO)C2)c(=O)[nH]1. The quantitative estimate of drug-likeness (QED) is 0.510. The minimum atomic E-state index is -1.24. The zero-order chi connectivity index (χ0) is 13.6. The number of aliphatic hydroxyl groups is 2. The van der Waals surface area contributed by atoms with Crippen LogP contribution < -0.4 is 11.3 Å². The summed E-state index contributed by atoms with van der Waals surface area (Å²) in [6.07, 6.45) is 5.06. The van der Waals surface area contributed by atoms with Crippen LogP contribution in [0.2, 0.25) is 0 Å². The molecule has 0 saturated carbocycles. The Morgan fingerprint density at radius 2 is 2.42 bits per heavy atom. The van der Waals surface area contributed by atoms with Gasteiger partial charge < -0.3 is 20.5 Å². The largest absolute Gasteiger partial charge is 0.393 e. The maximum absolute atomic E-state index is 11.7. The second-order valence-corrected chi connectivity index (χ2v) is 4.67. The van der Waals surface area contributed by atoms with Gasteiger partial charge in [-0.3, -0.25) is 9.78 Å². The minimum absolute atomic E-state index is 0.0126. The highest BCUT2D eigenvalue weighted by Gasteiger charge is 2.33. The molecule has 2 aromatic heterocycles. The molecule has 0 aromatic carbocycles. The number of H-pyrrole nitrogens is 1. The monoisotopic (exact) mass is 263 g/mol. The van der Waals surface area contributed by atoms with Crippen molar-refractivity contribution < 1.29 is 10.2 Å². The number of imidazole rings is 1. The van der Waals surface area contributed by atoms with E-state index < -0.39 is 11.2 Å². The lowest BCUT2D eigenvalue weighted by Crippen LogP contribution is -2.29. The highest BCUT2D eigenvalue weighted by Crippen LogP contribution is 2.32. The molecule has 0 radical (unpaired) electrons. The standard InChI is InChI=1S/C11H13N5O3/c12-10-14-8-7(9(18)15-10)13-5-16(8)6-1-2-11(19,3-6)4-17/h1-2,5-6,17,19H,3-4H2,(H3,12,14,15,18)/t6-,11+/m0/s1. The number of rotatable bonds is 2. The number of nitrogen functional groups attached to an aromatic ring is 1. The molecule has 0 unspecified atom stereocenters. The molecule has 3 rings (SSSR count). The van der Waals surface area contributed by atoms with Crippen molar-refractivity contribution in [2.24, 2.45) is 0 Å². The summed E-state index contributed by atoms with van der Waals surface area (Å²) >= 11 is 0. The number of nitrogens with one attached hydrogen (secondary N) is 1. The van der Waals surface area contributed by atoms with Crippen LogP contribution in [0.4, 0.5) is 5.95 Å². The molecule has 0 spiro atoms. The van der Waals surface area contributed by atoms with Gasteiger partial charge in [-0.25, -0.2) is 4.98 Å². The van der Waals surface area contributed by atoms with Gasteiger partial charge in [-0.2, -0.15) is 4.98 Å². The number of aliphatic hydroxyl groups excluding tert-OH is 1. The third-order valence-corrected chi connectivity index (χ3v) is 3.27. The van der Waals surface area contributed by atoms with Gasteiger partial charge in [-0.05, 0) is 0 Å². The van der Waals surface area contributed by atoms with Crippen LogP contribution in [0.5, 0.6) is 0 Å². The van der Waals surface area contributed by atoms with Crippen molar-refractivity contribution in [3.8, 4) is 0 Å². The van der Waals surface area contributed by atoms with Gasteiger partial charge in [0.05, 0.1) is 19.0 Å². The van der Waals surface area contributed by atoms with Crippen molar-refractivity contribution in [3.63, 3.8) is 0 Å². The Kier molecular flexibility index (Phi) is 2.44. The molecule has 1 aliphatic rings. The summed E-state index contributed by atoms with van der Waals surface area (Å²) in [6.45, 7) is -0.358. The molecule has 100 valence electrons. The summed E-state index contributed by atoms with van der Waals surface area (Å²) in [4.78, 5) is 22.1. The fourth-order valence-corrected chi connectivity index (χ4v) is 2.28. The van der Waals surface area contributed by atoms with E-state index >= 15 is 0 Å². The molecule has 8 heteroatoms. The number of nitrogens with two attached hydrogens (primary N) is 1. The number of aromatic amines is 1. The summed E-state index contributed by atoms with van der Waals surface area (Å²) in [5, 5.41) is 19.1. The predicted molar refractivity (Wildman–Crippen MR) is 67.4 cm³/mol. The van der Waals surface area contributed by atoms with Crippen LogP contribution >= 0.6 is 0 Å². The van der Waals surface area contributed by atoms with Crippen LogP contribution in [-0.2, 0) is 0 Å². The van der Waals surface area contributed by atoms with Crippen LogP contribution in [0.1, 0.15) is 12.5 Å². The van der Waals surface area contributed by atoms with Crippen molar-refractivity contribution in [3.05, 3.63) is 28.8 Å². The first-order valence-corrected chi connectivity index (χ1v) is 5.77. The molecular formula is C11H13N5O3. The lowest BCUT2D eigenvalue weighted by atomic mass is 10.0. The normalized spacial score (nSPS) is 26.3. The Balaban J connectivity index is 2.08. The zero-order valence-electron chi connectivity index (χ0n) is 9.95. The van der Waals surface area contributed by atoms with E-state index in [2.05, 4.69) is 15.0 Å². The van der Waals surface area contributed by atoms with Gasteiger partial charge >= 0.3 is 0 Å². The summed E-state index contributed by atoms with van der Waals surface area (Å²) in [7, 11) is 0. The molecule has 19 heavy (non-hydrogen) atoms. The third-order valence-electron chi connectivity index (χ3n) is 3.27. The van der Waals surface area contributed by atoms with Crippen molar-refractivity contribution >= 4 is 17.1 Å². The van der Waals surface area contributed by atoms with Gasteiger partial charge in [0.15, 0.2) is 11.2 Å². The molecule has 1 aliphatic carbocycles. The van der Waals surface area contributed by atoms with Crippen molar-refractivity contribution in [2.75, 3.05) is 12.3 Å². The summed E-state index contributed by atoms with van der Waals surface area (Å²) in [6, 6.07) is -0.226. The van der Waals surface area contributed by atoms with Gasteiger partial charge in [0.1, 0.15) is 5.60 Å². The number of anilines is 1. The maximum Gasteiger partial charge on any atom is 0.280 e. The van der Waals surface area contributed by atoms with E-state index in [1.807, 2.05) is 0 Å². The zero-order valence-corrected chi connectivity index (χ0v) is 9.95. The molecule has 2 heterocycles. The van der Waals surface area contributed by atoms with Gasteiger partial charge in [0.2, 0.25) is 5.95 Å². The second kappa shape index (κ2) is 3.90. The summed E-state index contributed by atoms with van der Waals surface area (Å²) in [5.74, 6) is 0.0126. The van der Waals surface area contributed by atoms with E-state index in [4.69, 9.17) is 10.8 Å². The molecular weight excluding hydrogens is 250 g/mol. The summed E-state index contributed by atoms with van der Waals surface area (Å²) in [5.41, 5.74) is 4.43. The van der Waals surface area contributed by atoms with Crippen LogP contribution in [0.3, 0.4) is 0 Å². The highest BCUT2D eigenvalue weighted by molar-refractivity contribution is 5.70. The molecule has 0 saturated heterocycles. The first-order valence-electron chi connectivity index (χ1n) is 5.77. The van der Waals surface area contributed by atoms with Crippen LogP contribution in [0, 0.1) is 0 Å². The molecule has 0 bridgehead atoms. The van der Waals surface area contributed by atoms with Crippen molar-refractivity contribution in [2.45, 2.75) is 18.1 Å². The second-order valence-electron chi connectivity index (χ2n) is 4.67. The van der Waals surface area contributed by atoms with E-state index in [1.54, 1.807) is 16.7 Å². The Labute approximate surface area is 107 Å². The van der Waals surface area contributed by atoms with Crippen LogP contribution in [0.25, 0.3) is 11.2 Å². The van der Waals surface area contributed by atoms with Gasteiger partial charge in [-0.1, -0.05) is 12.2 Å². The maximum atomic E-state index is 11.7. The molecule has 0 amide bonds. The molecule has 0 fully saturated rings. The molecule has 2 aromatic rings. The highest BCUT2D eigenvalue weighted by atomic mass is 16.3. The van der Waals surface area contributed by atoms with Gasteiger partial charge in [0, 0.05) is 6.42 Å². The van der Waals surface area contributed by atoms with E-state index in [-0.39, 0.29) is 24.1 Å². The first-order chi connectivity index (χ1) is 9.02. The lowest BCUT2D eigenvalue weighted by molar-refractivity contribution is 0.0218. The molecule has 8 nitrogen and oxygen atoms in total. The van der Waals surface area contributed by atoms with Crippen molar-refractivity contribution in [1.82, 2.24) is 19.5 Å². The Bertz CT molecular complexity index is 719. The fraction of sp³-hybridized carbons (Fsp3) is 0.364. The third kappa shape index (κ3) is 1.81. The smallest absolute Gasteiger partial charge is 0.280 e. The Morgan fingerprint density at radius 1 is 1.63 bits per heavy atom. The van der Waals surface area contributed by atoms with Gasteiger partial charge in [-0.15, -0.1) is 0 Å². The van der Waals surface area contributed by atoms with E-state index in [9.17, 15) is 9.90 Å². The Hall–Kier alpha value is -2.19. The van der Waals surface area contributed by atoms with E-state index in [1.165, 1.54) is 6.33 Å². The number of fused-ring (bicyclic) bond motifs is 1. The number of allylic oxidation sites excluding steroid dienone is 1. The number of hydrogen-bond acceptors (Lipinski definition) is 6. The summed E-state index contributed by atoms with van der Waals surface area (Å²) < 4.78 is 1.66. The average molecular weight is 263 g/mol. The first kappa shape index (κ1) is 11.9. The average Bonchev–Trinajstić information content (AvgIpc) is 2.94. The van der Waals surface area contributed by atoms with Gasteiger partial charge in [0.25, 0.3) is 5.56 Å². The number of hydrogen-bond donors (Lipinski definition) is 4. The van der Waals surface area contributed by atoms with E-state index in [0.29, 0.717) is 12.1 Å². The molecule has 5 N–H and O–H groups in total. The topological polar surface area (TPSA) is 130 Å². The molecule has 2 atom stereocenters.